The van der Waals surface area contributed by atoms with Crippen LogP contribution in [0, 0.1) is 0 Å². The van der Waals surface area contributed by atoms with E-state index in [4.69, 9.17) is 23.7 Å². The molecular weight excluding hydrogens is 925 g/mol. The van der Waals surface area contributed by atoms with Crippen molar-refractivity contribution in [3.05, 3.63) is 85.1 Å². The number of allylic oxidation sites excluding steroid dienone is 14. The molecule has 0 aromatic carbocycles. The van der Waals surface area contributed by atoms with E-state index in [0.29, 0.717) is 25.7 Å². The van der Waals surface area contributed by atoms with Crippen molar-refractivity contribution in [3.8, 4) is 0 Å². The number of ether oxygens (including phenoxy) is 5. The fourth-order valence-corrected chi connectivity index (χ4v) is 8.05. The van der Waals surface area contributed by atoms with E-state index in [-0.39, 0.29) is 25.9 Å². The molecule has 0 saturated carbocycles. The van der Waals surface area contributed by atoms with E-state index in [1.807, 2.05) is 12.2 Å². The molecule has 6 atom stereocenters. The van der Waals surface area contributed by atoms with E-state index < -0.39 is 67.3 Å². The van der Waals surface area contributed by atoms with Crippen LogP contribution in [0.2, 0.25) is 0 Å². The highest BCUT2D eigenvalue weighted by Gasteiger charge is 2.50. The fraction of sp³-hybridized carbons (Fsp3) is 0.705. The zero-order chi connectivity index (χ0) is 53.3. The number of aliphatic hydroxyl groups excluding tert-OH is 2. The van der Waals surface area contributed by atoms with Crippen molar-refractivity contribution in [2.45, 2.75) is 263 Å². The Bertz CT molecular complexity index is 1590. The topological polar surface area (TPSA) is 175 Å². The second-order valence-corrected chi connectivity index (χ2v) is 19.2. The van der Waals surface area contributed by atoms with Gasteiger partial charge in [-0.05, 0) is 103 Å². The van der Waals surface area contributed by atoms with Crippen molar-refractivity contribution in [3.63, 3.8) is 0 Å². The lowest BCUT2D eigenvalue weighted by Crippen LogP contribution is -2.61. The maximum absolute atomic E-state index is 13.1. The van der Waals surface area contributed by atoms with Crippen LogP contribution < -0.4 is 0 Å². The summed E-state index contributed by atoms with van der Waals surface area (Å²) in [6, 6.07) is 0. The van der Waals surface area contributed by atoms with Gasteiger partial charge in [-0.3, -0.25) is 14.4 Å². The summed E-state index contributed by atoms with van der Waals surface area (Å²) in [6.07, 6.45) is 50.0. The smallest absolute Gasteiger partial charge is 0.335 e. The van der Waals surface area contributed by atoms with Gasteiger partial charge in [-0.1, -0.05) is 189 Å². The average Bonchev–Trinajstić information content (AvgIpc) is 3.37. The van der Waals surface area contributed by atoms with Gasteiger partial charge >= 0.3 is 23.9 Å². The minimum atomic E-state index is -1.92. The van der Waals surface area contributed by atoms with Crippen LogP contribution in [0.15, 0.2) is 85.1 Å². The molecule has 0 amide bonds. The standard InChI is InChI=1S/C61H100O12/c1-4-7-10-13-16-19-22-25-26-27-28-31-32-35-38-41-44-47-53(62)69-50-52(71-54(63)48-45-42-39-36-33-29-23-20-17-14-11-8-5-2)51-70-61-59(57(66)56(65)58(73-61)60(67)68)72-55(64)49-46-43-40-37-34-30-24-21-18-15-12-9-6-3/h8,11,16-17,19-21,24-26,29,33,39,42,52,56-59,61,65-66H,4-7,9-10,12-15,18,22-23,27-28,30-32,34-38,40-41,43-51H2,1-3H3,(H,67,68)/b11-8-,19-16-,20-17-,24-21-,26-25-,33-29-,42-39-. The Morgan fingerprint density at radius 1 is 0.466 bits per heavy atom. The van der Waals surface area contributed by atoms with E-state index in [9.17, 15) is 34.5 Å². The number of aliphatic hydroxyl groups is 2. The summed E-state index contributed by atoms with van der Waals surface area (Å²) in [6.45, 7) is 5.75. The van der Waals surface area contributed by atoms with Crippen molar-refractivity contribution < 1.29 is 58.2 Å². The Morgan fingerprint density at radius 2 is 0.890 bits per heavy atom. The molecule has 0 bridgehead atoms. The van der Waals surface area contributed by atoms with Crippen molar-refractivity contribution in [1.29, 1.82) is 0 Å². The van der Waals surface area contributed by atoms with Gasteiger partial charge in [-0.2, -0.15) is 0 Å². The van der Waals surface area contributed by atoms with Crippen LogP contribution >= 0.6 is 0 Å². The van der Waals surface area contributed by atoms with Crippen LogP contribution in [0.4, 0.5) is 0 Å². The third-order valence-corrected chi connectivity index (χ3v) is 12.4. The second-order valence-electron chi connectivity index (χ2n) is 19.2. The lowest BCUT2D eigenvalue weighted by Gasteiger charge is -2.40. The number of carboxylic acid groups (broad SMARTS) is 1. The summed E-state index contributed by atoms with van der Waals surface area (Å²) < 4.78 is 28.3. The Morgan fingerprint density at radius 3 is 1.41 bits per heavy atom. The highest BCUT2D eigenvalue weighted by molar-refractivity contribution is 5.74. The fourth-order valence-electron chi connectivity index (χ4n) is 8.05. The van der Waals surface area contributed by atoms with E-state index >= 15 is 0 Å². The number of esters is 3. The molecule has 0 radical (unpaired) electrons. The monoisotopic (exact) mass is 1020 g/mol. The summed E-state index contributed by atoms with van der Waals surface area (Å²) >= 11 is 0. The van der Waals surface area contributed by atoms with Gasteiger partial charge < -0.3 is 39.0 Å². The molecule has 6 unspecified atom stereocenters. The summed E-state index contributed by atoms with van der Waals surface area (Å²) in [4.78, 5) is 51.0. The number of hydrogen-bond donors (Lipinski definition) is 3. The highest BCUT2D eigenvalue weighted by atomic mass is 16.7. The molecule has 1 fully saturated rings. The molecule has 73 heavy (non-hydrogen) atoms. The largest absolute Gasteiger partial charge is 0.479 e. The molecule has 0 aromatic heterocycles. The molecule has 3 N–H and O–H groups in total. The maximum Gasteiger partial charge on any atom is 0.335 e. The summed E-state index contributed by atoms with van der Waals surface area (Å²) in [7, 11) is 0. The molecule has 1 rings (SSSR count). The zero-order valence-corrected chi connectivity index (χ0v) is 45.6. The van der Waals surface area contributed by atoms with Gasteiger partial charge in [0.05, 0.1) is 6.61 Å². The molecule has 1 saturated heterocycles. The van der Waals surface area contributed by atoms with Crippen LogP contribution in [0.25, 0.3) is 0 Å². The molecule has 1 aliphatic heterocycles. The first-order chi connectivity index (χ1) is 35.6. The predicted molar refractivity (Wildman–Crippen MR) is 294 cm³/mol. The minimum Gasteiger partial charge on any atom is -0.479 e. The predicted octanol–water partition coefficient (Wildman–Crippen LogP) is 14.3. The molecule has 0 aromatic rings. The first-order valence-corrected chi connectivity index (χ1v) is 28.6. The normalized spacial score (nSPS) is 18.9. The summed E-state index contributed by atoms with van der Waals surface area (Å²) in [5, 5.41) is 31.4. The number of aliphatic carboxylic acids is 1. The van der Waals surface area contributed by atoms with Gasteiger partial charge in [0.1, 0.15) is 18.8 Å². The molecular formula is C61H100O12. The number of carbonyl (C=O) groups excluding carboxylic acids is 3. The molecule has 12 nitrogen and oxygen atoms in total. The SMILES string of the molecule is CC/C=C\C/C=C\C/C=C\C/C=C\CCC(=O)OC(COC(=O)CCCCCCCCC/C=C\C/C=C\CCCCC)COC1OC(C(=O)O)C(O)C(O)C1OC(=O)CCCCCCC/C=C\CCCCCC. The van der Waals surface area contributed by atoms with E-state index in [2.05, 4.69) is 93.7 Å². The molecule has 1 aliphatic rings. The maximum atomic E-state index is 13.1. The van der Waals surface area contributed by atoms with Crippen LogP contribution in [0.1, 0.15) is 226 Å². The number of rotatable bonds is 47. The molecule has 416 valence electrons. The third-order valence-electron chi connectivity index (χ3n) is 12.4. The summed E-state index contributed by atoms with van der Waals surface area (Å²) in [5.74, 6) is -3.26. The van der Waals surface area contributed by atoms with E-state index in [1.165, 1.54) is 64.2 Å². The van der Waals surface area contributed by atoms with Crippen molar-refractivity contribution in [1.82, 2.24) is 0 Å². The Labute approximate surface area is 441 Å². The third kappa shape index (κ3) is 39.0. The average molecular weight is 1030 g/mol. The lowest BCUT2D eigenvalue weighted by atomic mass is 9.98. The van der Waals surface area contributed by atoms with Crippen LogP contribution in [-0.4, -0.2) is 89.2 Å². The summed E-state index contributed by atoms with van der Waals surface area (Å²) in [5.41, 5.74) is 0. The zero-order valence-electron chi connectivity index (χ0n) is 45.6. The molecule has 0 spiro atoms. The Kier molecular flexibility index (Phi) is 44.7. The first kappa shape index (κ1) is 66.9. The second kappa shape index (κ2) is 48.8. The van der Waals surface area contributed by atoms with Crippen LogP contribution in [0.5, 0.6) is 0 Å². The number of carboxylic acids is 1. The molecule has 1 heterocycles. The van der Waals surface area contributed by atoms with Gasteiger partial charge in [0.2, 0.25) is 0 Å². The van der Waals surface area contributed by atoms with Crippen molar-refractivity contribution >= 4 is 23.9 Å². The molecule has 0 aliphatic carbocycles. The van der Waals surface area contributed by atoms with E-state index in [1.54, 1.807) is 0 Å². The van der Waals surface area contributed by atoms with Gasteiger partial charge in [0, 0.05) is 19.3 Å². The number of unbranched alkanes of at least 4 members (excludes halogenated alkanes) is 19. The van der Waals surface area contributed by atoms with Crippen LogP contribution in [0.3, 0.4) is 0 Å². The van der Waals surface area contributed by atoms with Crippen molar-refractivity contribution in [2.24, 2.45) is 0 Å². The van der Waals surface area contributed by atoms with Gasteiger partial charge in [0.15, 0.2) is 24.6 Å². The van der Waals surface area contributed by atoms with Crippen LogP contribution in [-0.2, 0) is 42.9 Å². The van der Waals surface area contributed by atoms with Gasteiger partial charge in [-0.15, -0.1) is 0 Å². The number of hydrogen-bond acceptors (Lipinski definition) is 11. The minimum absolute atomic E-state index is 0.0363. The molecule has 12 heteroatoms. The first-order valence-electron chi connectivity index (χ1n) is 28.6. The lowest BCUT2D eigenvalue weighted by molar-refractivity contribution is -0.301. The highest BCUT2D eigenvalue weighted by Crippen LogP contribution is 2.26. The number of carbonyl (C=O) groups is 4. The van der Waals surface area contributed by atoms with Crippen molar-refractivity contribution in [2.75, 3.05) is 13.2 Å². The van der Waals surface area contributed by atoms with Gasteiger partial charge in [-0.25, -0.2) is 4.79 Å². The Hall–Kier alpha value is -4.10. The van der Waals surface area contributed by atoms with Gasteiger partial charge in [0.25, 0.3) is 0 Å². The quantitative estimate of drug-likeness (QED) is 0.0228. The Balaban J connectivity index is 2.74. The van der Waals surface area contributed by atoms with E-state index in [0.717, 1.165) is 96.3 Å².